The lowest BCUT2D eigenvalue weighted by molar-refractivity contribution is 0.100. The molecule has 0 saturated carbocycles. The number of aromatic nitrogens is 1. The van der Waals surface area contributed by atoms with E-state index in [0.29, 0.717) is 23.5 Å². The van der Waals surface area contributed by atoms with E-state index in [0.717, 1.165) is 5.56 Å². The summed E-state index contributed by atoms with van der Waals surface area (Å²) in [6.45, 7) is 0.600. The van der Waals surface area contributed by atoms with Crippen LogP contribution in [0.4, 0.5) is 11.4 Å². The van der Waals surface area contributed by atoms with Gasteiger partial charge in [0.1, 0.15) is 0 Å². The predicted octanol–water partition coefficient (Wildman–Crippen LogP) is 1.40. The highest BCUT2D eigenvalue weighted by atomic mass is 16.1. The third-order valence-electron chi connectivity index (χ3n) is 2.86. The number of nitrogen functional groups attached to an aromatic ring is 1. The van der Waals surface area contributed by atoms with Gasteiger partial charge in [0, 0.05) is 26.0 Å². The number of carbonyl (C=O) groups excluding carboxylic acids is 1. The number of nitrogens with zero attached hydrogens (tertiary/aromatic N) is 2. The molecule has 2 aromatic rings. The standard InChI is InChI=1S/C14H16N4O/c1-18(9-10-4-3-7-17-8-10)13-11(14(16)19)5-2-6-12(13)15/h2-8H,9,15H2,1H3,(H2,16,19). The first-order valence-corrected chi connectivity index (χ1v) is 5.88. The third-order valence-corrected chi connectivity index (χ3v) is 2.86. The minimum absolute atomic E-state index is 0.423. The van der Waals surface area contributed by atoms with Crippen molar-refractivity contribution in [3.05, 3.63) is 53.9 Å². The van der Waals surface area contributed by atoms with Crippen LogP contribution in [0.3, 0.4) is 0 Å². The number of primary amides is 1. The van der Waals surface area contributed by atoms with Crippen LogP contribution < -0.4 is 16.4 Å². The second kappa shape index (κ2) is 5.39. The lowest BCUT2D eigenvalue weighted by atomic mass is 10.1. The molecule has 0 bridgehead atoms. The van der Waals surface area contributed by atoms with E-state index in [1.807, 2.05) is 24.1 Å². The fourth-order valence-electron chi connectivity index (χ4n) is 2.03. The normalized spacial score (nSPS) is 10.2. The van der Waals surface area contributed by atoms with Gasteiger partial charge in [-0.15, -0.1) is 0 Å². The van der Waals surface area contributed by atoms with Gasteiger partial charge in [-0.25, -0.2) is 0 Å². The van der Waals surface area contributed by atoms with Gasteiger partial charge in [-0.1, -0.05) is 12.1 Å². The van der Waals surface area contributed by atoms with Crippen LogP contribution in [0.1, 0.15) is 15.9 Å². The SMILES string of the molecule is CN(Cc1cccnc1)c1c(N)cccc1C(N)=O. The van der Waals surface area contributed by atoms with E-state index in [-0.39, 0.29) is 0 Å². The summed E-state index contributed by atoms with van der Waals surface area (Å²) in [5.41, 5.74) is 14.0. The summed E-state index contributed by atoms with van der Waals surface area (Å²) in [4.78, 5) is 17.4. The van der Waals surface area contributed by atoms with Crippen molar-refractivity contribution in [2.75, 3.05) is 17.7 Å². The highest BCUT2D eigenvalue weighted by Gasteiger charge is 2.15. The van der Waals surface area contributed by atoms with E-state index in [9.17, 15) is 4.79 Å². The molecule has 1 aromatic heterocycles. The number of benzene rings is 1. The number of hydrogen-bond acceptors (Lipinski definition) is 4. The molecule has 2 rings (SSSR count). The fourth-order valence-corrected chi connectivity index (χ4v) is 2.03. The van der Waals surface area contributed by atoms with Gasteiger partial charge in [0.2, 0.25) is 0 Å². The van der Waals surface area contributed by atoms with E-state index in [1.165, 1.54) is 0 Å². The first kappa shape index (κ1) is 12.9. The molecule has 1 heterocycles. The zero-order chi connectivity index (χ0) is 13.8. The third kappa shape index (κ3) is 2.82. The van der Waals surface area contributed by atoms with Crippen molar-refractivity contribution in [2.45, 2.75) is 6.54 Å². The summed E-state index contributed by atoms with van der Waals surface area (Å²) in [6, 6.07) is 8.98. The summed E-state index contributed by atoms with van der Waals surface area (Å²) in [6.07, 6.45) is 3.49. The Kier molecular flexibility index (Phi) is 3.66. The highest BCUT2D eigenvalue weighted by molar-refractivity contribution is 6.01. The van der Waals surface area contributed by atoms with Gasteiger partial charge in [-0.2, -0.15) is 0 Å². The maximum Gasteiger partial charge on any atom is 0.250 e. The van der Waals surface area contributed by atoms with Crippen molar-refractivity contribution < 1.29 is 4.79 Å². The van der Waals surface area contributed by atoms with Gasteiger partial charge >= 0.3 is 0 Å². The largest absolute Gasteiger partial charge is 0.397 e. The summed E-state index contributed by atoms with van der Waals surface area (Å²) < 4.78 is 0. The maximum absolute atomic E-state index is 11.5. The molecular formula is C14H16N4O. The Morgan fingerprint density at radius 2 is 2.11 bits per heavy atom. The van der Waals surface area contributed by atoms with Gasteiger partial charge in [0.15, 0.2) is 0 Å². The molecule has 0 aliphatic rings. The number of pyridine rings is 1. The molecule has 0 fully saturated rings. The van der Waals surface area contributed by atoms with Crippen LogP contribution in [0.15, 0.2) is 42.7 Å². The molecule has 0 radical (unpaired) electrons. The Labute approximate surface area is 111 Å². The van der Waals surface area contributed by atoms with Crippen LogP contribution in [0.5, 0.6) is 0 Å². The van der Waals surface area contributed by atoms with Crippen LogP contribution in [-0.4, -0.2) is 17.9 Å². The van der Waals surface area contributed by atoms with Crippen molar-refractivity contribution in [2.24, 2.45) is 5.73 Å². The Bertz CT molecular complexity index is 583. The number of carbonyl (C=O) groups is 1. The van der Waals surface area contributed by atoms with Crippen molar-refractivity contribution in [1.29, 1.82) is 0 Å². The second-order valence-electron chi connectivity index (χ2n) is 4.32. The zero-order valence-corrected chi connectivity index (χ0v) is 10.7. The van der Waals surface area contributed by atoms with Crippen LogP contribution in [-0.2, 0) is 6.54 Å². The van der Waals surface area contributed by atoms with E-state index >= 15 is 0 Å². The monoisotopic (exact) mass is 256 g/mol. The molecule has 5 heteroatoms. The fraction of sp³-hybridized carbons (Fsp3) is 0.143. The number of rotatable bonds is 4. The minimum Gasteiger partial charge on any atom is -0.397 e. The van der Waals surface area contributed by atoms with Gasteiger partial charge in [-0.05, 0) is 23.8 Å². The average Bonchev–Trinajstić information content (AvgIpc) is 2.39. The van der Waals surface area contributed by atoms with Gasteiger partial charge in [0.05, 0.1) is 16.9 Å². The molecule has 5 nitrogen and oxygen atoms in total. The Hall–Kier alpha value is -2.56. The van der Waals surface area contributed by atoms with Gasteiger partial charge in [-0.3, -0.25) is 9.78 Å². The van der Waals surface area contributed by atoms with Gasteiger partial charge in [0.25, 0.3) is 5.91 Å². The second-order valence-corrected chi connectivity index (χ2v) is 4.32. The van der Waals surface area contributed by atoms with Gasteiger partial charge < -0.3 is 16.4 Å². The van der Waals surface area contributed by atoms with Crippen LogP contribution in [0.2, 0.25) is 0 Å². The van der Waals surface area contributed by atoms with Crippen LogP contribution in [0, 0.1) is 0 Å². The lowest BCUT2D eigenvalue weighted by Crippen LogP contribution is -2.23. The van der Waals surface area contributed by atoms with Crippen LogP contribution >= 0.6 is 0 Å². The summed E-state index contributed by atoms with van der Waals surface area (Å²) in [5, 5.41) is 0. The van der Waals surface area contributed by atoms with Crippen molar-refractivity contribution >= 4 is 17.3 Å². The first-order chi connectivity index (χ1) is 9.09. The molecule has 0 saturated heterocycles. The molecule has 0 aliphatic carbocycles. The van der Waals surface area contributed by atoms with E-state index in [4.69, 9.17) is 11.5 Å². The number of hydrogen-bond donors (Lipinski definition) is 2. The molecular weight excluding hydrogens is 240 g/mol. The lowest BCUT2D eigenvalue weighted by Gasteiger charge is -2.23. The molecule has 19 heavy (non-hydrogen) atoms. The van der Waals surface area contributed by atoms with E-state index in [2.05, 4.69) is 4.98 Å². The topological polar surface area (TPSA) is 85.2 Å². The number of anilines is 2. The zero-order valence-electron chi connectivity index (χ0n) is 10.7. The molecule has 1 aromatic carbocycles. The molecule has 0 spiro atoms. The van der Waals surface area contributed by atoms with Crippen molar-refractivity contribution in [3.63, 3.8) is 0 Å². The van der Waals surface area contributed by atoms with Crippen molar-refractivity contribution in [3.8, 4) is 0 Å². The molecule has 0 aliphatic heterocycles. The predicted molar refractivity (Wildman–Crippen MR) is 75.7 cm³/mol. The van der Waals surface area contributed by atoms with Crippen molar-refractivity contribution in [1.82, 2.24) is 4.98 Å². The average molecular weight is 256 g/mol. The minimum atomic E-state index is -0.486. The van der Waals surface area contributed by atoms with E-state index in [1.54, 1.807) is 30.6 Å². The van der Waals surface area contributed by atoms with E-state index < -0.39 is 5.91 Å². The molecule has 98 valence electrons. The first-order valence-electron chi connectivity index (χ1n) is 5.88. The molecule has 4 N–H and O–H groups in total. The number of nitrogens with two attached hydrogens (primary N) is 2. The highest BCUT2D eigenvalue weighted by Crippen LogP contribution is 2.27. The van der Waals surface area contributed by atoms with Crippen LogP contribution in [0.25, 0.3) is 0 Å². The Balaban J connectivity index is 2.33. The Morgan fingerprint density at radius 3 is 2.74 bits per heavy atom. The molecule has 0 unspecified atom stereocenters. The maximum atomic E-state index is 11.5. The molecule has 0 atom stereocenters. The quantitative estimate of drug-likeness (QED) is 0.810. The number of para-hydroxylation sites is 1. The number of amides is 1. The smallest absolute Gasteiger partial charge is 0.250 e. The summed E-state index contributed by atoms with van der Waals surface area (Å²) in [5.74, 6) is -0.486. The summed E-state index contributed by atoms with van der Waals surface area (Å²) in [7, 11) is 1.87. The summed E-state index contributed by atoms with van der Waals surface area (Å²) >= 11 is 0. The molecule has 1 amide bonds. The Morgan fingerprint density at radius 1 is 1.32 bits per heavy atom.